The Morgan fingerprint density at radius 3 is 2.37 bits per heavy atom. The number of benzene rings is 2. The molecule has 8 heteroatoms. The van der Waals surface area contributed by atoms with Crippen LogP contribution in [-0.2, 0) is 10.0 Å². The number of aryl methyl sites for hydroxylation is 1. The Morgan fingerprint density at radius 1 is 0.963 bits per heavy atom. The van der Waals surface area contributed by atoms with E-state index in [0.29, 0.717) is 11.5 Å². The van der Waals surface area contributed by atoms with Crippen molar-refractivity contribution in [2.75, 3.05) is 4.72 Å². The fourth-order valence-corrected chi connectivity index (χ4v) is 3.96. The van der Waals surface area contributed by atoms with E-state index >= 15 is 0 Å². The maximum absolute atomic E-state index is 12.5. The van der Waals surface area contributed by atoms with E-state index < -0.39 is 10.0 Å². The molecule has 0 spiro atoms. The van der Waals surface area contributed by atoms with E-state index in [9.17, 15) is 8.42 Å². The monoisotopic (exact) mass is 442 g/mol. The number of nitrogens with zero attached hydrogens (tertiary/aromatic N) is 3. The number of nitrogens with one attached hydrogen (secondary N) is 1. The number of fused-ring (bicyclic) bond motifs is 1. The van der Waals surface area contributed by atoms with Crippen molar-refractivity contribution in [1.82, 2.24) is 14.4 Å². The second kappa shape index (κ2) is 6.79. The van der Waals surface area contributed by atoms with Crippen molar-refractivity contribution in [2.24, 2.45) is 0 Å². The van der Waals surface area contributed by atoms with Gasteiger partial charge in [-0.15, -0.1) is 0 Å². The van der Waals surface area contributed by atoms with Gasteiger partial charge < -0.3 is 0 Å². The molecule has 0 amide bonds. The lowest BCUT2D eigenvalue weighted by atomic mass is 10.1. The van der Waals surface area contributed by atoms with Gasteiger partial charge in [0, 0.05) is 33.8 Å². The van der Waals surface area contributed by atoms with Gasteiger partial charge in [-0.3, -0.25) is 9.12 Å². The summed E-state index contributed by atoms with van der Waals surface area (Å²) in [6.45, 7) is 1.92. The van der Waals surface area contributed by atoms with E-state index in [1.54, 1.807) is 36.4 Å². The SMILES string of the molecule is Cc1ccn2cc(-c3ccc(NS(=O)(=O)c4ccc(Br)cc4)cc3)nc2n1. The molecule has 27 heavy (non-hydrogen) atoms. The second-order valence-corrected chi connectivity index (χ2v) is 8.64. The van der Waals surface area contributed by atoms with Gasteiger partial charge in [0.25, 0.3) is 10.0 Å². The van der Waals surface area contributed by atoms with Crippen molar-refractivity contribution in [1.29, 1.82) is 0 Å². The van der Waals surface area contributed by atoms with Crippen molar-refractivity contribution in [2.45, 2.75) is 11.8 Å². The molecule has 0 saturated heterocycles. The number of aromatic nitrogens is 3. The van der Waals surface area contributed by atoms with Crippen molar-refractivity contribution >= 4 is 37.4 Å². The number of sulfonamides is 1. The Balaban J connectivity index is 1.58. The van der Waals surface area contributed by atoms with Crippen LogP contribution in [0.25, 0.3) is 17.0 Å². The molecule has 0 radical (unpaired) electrons. The van der Waals surface area contributed by atoms with Crippen LogP contribution in [-0.4, -0.2) is 22.8 Å². The predicted octanol–water partition coefficient (Wildman–Crippen LogP) is 4.27. The highest BCUT2D eigenvalue weighted by Gasteiger charge is 2.14. The van der Waals surface area contributed by atoms with Crippen LogP contribution in [0.5, 0.6) is 0 Å². The molecule has 0 fully saturated rings. The third kappa shape index (κ3) is 3.72. The van der Waals surface area contributed by atoms with E-state index in [-0.39, 0.29) is 4.90 Å². The smallest absolute Gasteiger partial charge is 0.261 e. The summed E-state index contributed by atoms with van der Waals surface area (Å²) in [5.74, 6) is 0.630. The first kappa shape index (κ1) is 17.7. The molecule has 136 valence electrons. The number of rotatable bonds is 4. The Labute approximate surface area is 165 Å². The molecule has 2 aromatic carbocycles. The first-order valence-corrected chi connectivity index (χ1v) is 10.4. The molecule has 4 rings (SSSR count). The van der Waals surface area contributed by atoms with Gasteiger partial charge in [0.15, 0.2) is 0 Å². The highest BCUT2D eigenvalue weighted by Crippen LogP contribution is 2.23. The number of hydrogen-bond acceptors (Lipinski definition) is 4. The summed E-state index contributed by atoms with van der Waals surface area (Å²) >= 11 is 3.30. The molecular weight excluding hydrogens is 428 g/mol. The molecule has 0 aliphatic carbocycles. The molecule has 0 bridgehead atoms. The number of imidazole rings is 1. The molecular formula is C19H15BrN4O2S. The number of halogens is 1. The number of anilines is 1. The molecule has 2 aromatic heterocycles. The van der Waals surface area contributed by atoms with Crippen molar-refractivity contribution < 1.29 is 8.42 Å². The minimum atomic E-state index is -3.63. The first-order chi connectivity index (χ1) is 12.9. The third-order valence-corrected chi connectivity index (χ3v) is 5.95. The van der Waals surface area contributed by atoms with Gasteiger partial charge in [-0.25, -0.2) is 18.4 Å². The van der Waals surface area contributed by atoms with Crippen molar-refractivity contribution in [3.8, 4) is 11.3 Å². The van der Waals surface area contributed by atoms with E-state index in [0.717, 1.165) is 21.4 Å². The summed E-state index contributed by atoms with van der Waals surface area (Å²) in [6.07, 6.45) is 3.80. The van der Waals surface area contributed by atoms with E-state index in [2.05, 4.69) is 30.6 Å². The molecule has 0 saturated carbocycles. The quantitative estimate of drug-likeness (QED) is 0.511. The van der Waals surface area contributed by atoms with Gasteiger partial charge in [0.1, 0.15) is 0 Å². The summed E-state index contributed by atoms with van der Waals surface area (Å²) in [5.41, 5.74) is 3.04. The summed E-state index contributed by atoms with van der Waals surface area (Å²) in [4.78, 5) is 9.10. The Morgan fingerprint density at radius 2 is 1.67 bits per heavy atom. The molecule has 0 unspecified atom stereocenters. The van der Waals surface area contributed by atoms with Crippen LogP contribution < -0.4 is 4.72 Å². The largest absolute Gasteiger partial charge is 0.291 e. The average Bonchev–Trinajstić information content (AvgIpc) is 3.05. The van der Waals surface area contributed by atoms with Gasteiger partial charge in [-0.2, -0.15) is 0 Å². The summed E-state index contributed by atoms with van der Waals surface area (Å²) < 4.78 is 30.2. The Hall–Kier alpha value is -2.71. The lowest BCUT2D eigenvalue weighted by molar-refractivity contribution is 0.601. The molecule has 0 aliphatic rings. The molecule has 2 heterocycles. The van der Waals surface area contributed by atoms with Crippen molar-refractivity contribution in [3.05, 3.63) is 77.2 Å². The maximum Gasteiger partial charge on any atom is 0.261 e. The van der Waals surface area contributed by atoms with E-state index in [4.69, 9.17) is 0 Å². The molecule has 0 atom stereocenters. The zero-order valence-electron chi connectivity index (χ0n) is 14.3. The van der Waals surface area contributed by atoms with Gasteiger partial charge in [0.2, 0.25) is 5.78 Å². The zero-order valence-corrected chi connectivity index (χ0v) is 16.7. The predicted molar refractivity (Wildman–Crippen MR) is 108 cm³/mol. The summed E-state index contributed by atoms with van der Waals surface area (Å²) in [6, 6.07) is 15.5. The van der Waals surface area contributed by atoms with Gasteiger partial charge in [-0.1, -0.05) is 28.1 Å². The van der Waals surface area contributed by atoms with Crippen LogP contribution in [0.1, 0.15) is 5.69 Å². The normalized spacial score (nSPS) is 11.6. The lowest BCUT2D eigenvalue weighted by Crippen LogP contribution is -2.12. The van der Waals surface area contributed by atoms with Gasteiger partial charge in [0.05, 0.1) is 10.6 Å². The molecule has 4 aromatic rings. The fourth-order valence-electron chi connectivity index (χ4n) is 2.64. The molecule has 1 N–H and O–H groups in total. The second-order valence-electron chi connectivity index (χ2n) is 6.04. The highest BCUT2D eigenvalue weighted by molar-refractivity contribution is 9.10. The van der Waals surface area contributed by atoms with Gasteiger partial charge in [-0.05, 0) is 49.4 Å². The van der Waals surface area contributed by atoms with Crippen molar-refractivity contribution in [3.63, 3.8) is 0 Å². The highest BCUT2D eigenvalue weighted by atomic mass is 79.9. The van der Waals surface area contributed by atoms with Gasteiger partial charge >= 0.3 is 0 Å². The van der Waals surface area contributed by atoms with Crippen LogP contribution in [0, 0.1) is 6.92 Å². The summed E-state index contributed by atoms with van der Waals surface area (Å²) in [7, 11) is -3.63. The Bertz CT molecular complexity index is 1220. The maximum atomic E-state index is 12.5. The minimum Gasteiger partial charge on any atom is -0.291 e. The van der Waals surface area contributed by atoms with Crippen LogP contribution in [0.3, 0.4) is 0 Å². The van der Waals surface area contributed by atoms with Crippen LogP contribution >= 0.6 is 15.9 Å². The lowest BCUT2D eigenvalue weighted by Gasteiger charge is -2.08. The molecule has 6 nitrogen and oxygen atoms in total. The summed E-state index contributed by atoms with van der Waals surface area (Å²) in [5, 5.41) is 0. The Kier molecular flexibility index (Phi) is 4.45. The van der Waals surface area contributed by atoms with E-state index in [1.165, 1.54) is 0 Å². The first-order valence-electron chi connectivity index (χ1n) is 8.12. The topological polar surface area (TPSA) is 76.4 Å². The van der Waals surface area contributed by atoms with Crippen LogP contribution in [0.4, 0.5) is 5.69 Å². The molecule has 0 aliphatic heterocycles. The average molecular weight is 443 g/mol. The standard InChI is InChI=1S/C19H15BrN4O2S/c1-13-10-11-24-12-18(22-19(24)21-13)14-2-6-16(7-3-14)23-27(25,26)17-8-4-15(20)5-9-17/h2-12,23H,1H3. The number of hydrogen-bond donors (Lipinski definition) is 1. The zero-order chi connectivity index (χ0) is 19.0. The van der Waals surface area contributed by atoms with Crippen LogP contribution in [0.15, 0.2) is 76.4 Å². The fraction of sp³-hybridized carbons (Fsp3) is 0.0526. The third-order valence-electron chi connectivity index (χ3n) is 4.02. The van der Waals surface area contributed by atoms with E-state index in [1.807, 2.05) is 41.9 Å². The van der Waals surface area contributed by atoms with Crippen LogP contribution in [0.2, 0.25) is 0 Å². The minimum absolute atomic E-state index is 0.205.